The van der Waals surface area contributed by atoms with Gasteiger partial charge >= 0.3 is 6.09 Å². The molecule has 5 nitrogen and oxygen atoms in total. The summed E-state index contributed by atoms with van der Waals surface area (Å²) in [5, 5.41) is 24.1. The molecule has 0 aliphatic heterocycles. The van der Waals surface area contributed by atoms with Crippen LogP contribution in [0.2, 0.25) is 0 Å². The Labute approximate surface area is 45.7 Å². The highest BCUT2D eigenvalue weighted by Crippen LogP contribution is 1.87. The van der Waals surface area contributed by atoms with Crippen LogP contribution in [0.3, 0.4) is 0 Å². The maximum atomic E-state index is 9.66. The molecule has 0 radical (unpaired) electrons. The highest BCUT2D eigenvalue weighted by atomic mass is 16.6. The SMILES string of the molecule is CC(O)N(O)C(=O)O. The van der Waals surface area contributed by atoms with Crippen LogP contribution in [-0.4, -0.2) is 32.8 Å². The topological polar surface area (TPSA) is 81.0 Å². The van der Waals surface area contributed by atoms with E-state index in [0.717, 1.165) is 6.92 Å². The molecule has 0 aliphatic carbocycles. The first-order valence-electron chi connectivity index (χ1n) is 1.95. The molecule has 0 aromatic rings. The highest BCUT2D eigenvalue weighted by Gasteiger charge is 2.11. The first-order chi connectivity index (χ1) is 3.55. The summed E-state index contributed by atoms with van der Waals surface area (Å²) in [4.78, 5) is 9.66. The van der Waals surface area contributed by atoms with E-state index in [2.05, 4.69) is 0 Å². The van der Waals surface area contributed by atoms with E-state index in [1.807, 2.05) is 0 Å². The van der Waals surface area contributed by atoms with Crippen LogP contribution >= 0.6 is 0 Å². The second-order valence-corrected chi connectivity index (χ2v) is 1.26. The lowest BCUT2D eigenvalue weighted by Gasteiger charge is -2.12. The van der Waals surface area contributed by atoms with Crippen molar-refractivity contribution in [2.75, 3.05) is 0 Å². The molecule has 0 aromatic heterocycles. The third-order valence-electron chi connectivity index (χ3n) is 0.550. The summed E-state index contributed by atoms with van der Waals surface area (Å²) in [5.41, 5.74) is 0. The van der Waals surface area contributed by atoms with Crippen molar-refractivity contribution in [3.8, 4) is 0 Å². The standard InChI is InChI=1S/C3H7NO4/c1-2(5)4(8)3(6)7/h2,5,8H,1H3,(H,6,7). The number of hydrogen-bond acceptors (Lipinski definition) is 3. The highest BCUT2D eigenvalue weighted by molar-refractivity contribution is 5.63. The van der Waals surface area contributed by atoms with Crippen LogP contribution in [0.1, 0.15) is 6.92 Å². The molecule has 0 saturated heterocycles. The van der Waals surface area contributed by atoms with E-state index in [4.69, 9.17) is 15.4 Å². The minimum absolute atomic E-state index is 0.194. The van der Waals surface area contributed by atoms with Crippen molar-refractivity contribution in [2.45, 2.75) is 13.2 Å². The molecule has 0 spiro atoms. The molecule has 1 amide bonds. The van der Waals surface area contributed by atoms with E-state index in [1.54, 1.807) is 0 Å². The van der Waals surface area contributed by atoms with Gasteiger partial charge < -0.3 is 10.2 Å². The predicted molar refractivity (Wildman–Crippen MR) is 23.3 cm³/mol. The third kappa shape index (κ3) is 1.76. The predicted octanol–water partition coefficient (Wildman–Crippen LogP) is -0.306. The molecule has 0 fully saturated rings. The van der Waals surface area contributed by atoms with Gasteiger partial charge in [0.15, 0.2) is 6.23 Å². The van der Waals surface area contributed by atoms with Crippen molar-refractivity contribution < 1.29 is 20.2 Å². The van der Waals surface area contributed by atoms with E-state index in [9.17, 15) is 4.79 Å². The molecule has 0 heterocycles. The molecule has 1 unspecified atom stereocenters. The van der Waals surface area contributed by atoms with Gasteiger partial charge in [-0.25, -0.2) is 4.79 Å². The number of amides is 1. The first kappa shape index (κ1) is 7.19. The molecule has 0 saturated carbocycles. The fraction of sp³-hybridized carbons (Fsp3) is 0.667. The summed E-state index contributed by atoms with van der Waals surface area (Å²) < 4.78 is 0. The fourth-order valence-corrected chi connectivity index (χ4v) is 0.160. The van der Waals surface area contributed by atoms with Gasteiger partial charge in [0.05, 0.1) is 0 Å². The lowest BCUT2D eigenvalue weighted by molar-refractivity contribution is -0.157. The minimum atomic E-state index is -1.57. The Bertz CT molecular complexity index is 91.3. The van der Waals surface area contributed by atoms with Gasteiger partial charge in [-0.1, -0.05) is 0 Å². The van der Waals surface area contributed by atoms with Gasteiger partial charge in [0.2, 0.25) is 0 Å². The van der Waals surface area contributed by atoms with Gasteiger partial charge in [0, 0.05) is 0 Å². The molecule has 3 N–H and O–H groups in total. The second-order valence-electron chi connectivity index (χ2n) is 1.26. The van der Waals surface area contributed by atoms with E-state index in [-0.39, 0.29) is 5.06 Å². The summed E-state index contributed by atoms with van der Waals surface area (Å²) in [5.74, 6) is 0. The van der Waals surface area contributed by atoms with E-state index in [1.165, 1.54) is 0 Å². The van der Waals surface area contributed by atoms with E-state index < -0.39 is 12.3 Å². The number of aliphatic hydroxyl groups is 1. The monoisotopic (exact) mass is 121 g/mol. The number of rotatable bonds is 1. The van der Waals surface area contributed by atoms with Crippen LogP contribution in [0.4, 0.5) is 4.79 Å². The summed E-state index contributed by atoms with van der Waals surface area (Å²) in [6, 6.07) is 0. The molecule has 48 valence electrons. The van der Waals surface area contributed by atoms with Crippen molar-refractivity contribution in [3.63, 3.8) is 0 Å². The maximum absolute atomic E-state index is 9.66. The largest absolute Gasteiger partial charge is 0.463 e. The zero-order valence-corrected chi connectivity index (χ0v) is 4.27. The zero-order chi connectivity index (χ0) is 6.73. The number of aliphatic hydroxyl groups excluding tert-OH is 1. The molecule has 1 atom stereocenters. The van der Waals surface area contributed by atoms with E-state index in [0.29, 0.717) is 0 Å². The minimum Gasteiger partial charge on any atom is -0.463 e. The Kier molecular flexibility index (Phi) is 2.23. The molecule has 0 aliphatic rings. The number of hydrogen-bond donors (Lipinski definition) is 3. The molecule has 8 heavy (non-hydrogen) atoms. The Morgan fingerprint density at radius 1 is 1.75 bits per heavy atom. The van der Waals surface area contributed by atoms with Crippen molar-refractivity contribution in [1.29, 1.82) is 0 Å². The van der Waals surface area contributed by atoms with E-state index >= 15 is 0 Å². The summed E-state index contributed by atoms with van der Waals surface area (Å²) >= 11 is 0. The van der Waals surface area contributed by atoms with Gasteiger partial charge in [-0.05, 0) is 6.92 Å². The van der Waals surface area contributed by atoms with Gasteiger partial charge in [-0.15, -0.1) is 0 Å². The summed E-state index contributed by atoms with van der Waals surface area (Å²) in [6.45, 7) is 1.13. The summed E-state index contributed by atoms with van der Waals surface area (Å²) in [7, 11) is 0. The fourth-order valence-electron chi connectivity index (χ4n) is 0.160. The van der Waals surface area contributed by atoms with Gasteiger partial charge in [0.25, 0.3) is 0 Å². The van der Waals surface area contributed by atoms with Crippen LogP contribution in [0.5, 0.6) is 0 Å². The summed E-state index contributed by atoms with van der Waals surface area (Å²) in [6.07, 6.45) is -2.94. The lowest BCUT2D eigenvalue weighted by atomic mass is 10.6. The van der Waals surface area contributed by atoms with Gasteiger partial charge in [-0.3, -0.25) is 5.21 Å². The van der Waals surface area contributed by atoms with Crippen LogP contribution in [0.25, 0.3) is 0 Å². The van der Waals surface area contributed by atoms with Crippen molar-refractivity contribution in [2.24, 2.45) is 0 Å². The van der Waals surface area contributed by atoms with Crippen molar-refractivity contribution in [3.05, 3.63) is 0 Å². The average molecular weight is 121 g/mol. The molecule has 0 bridgehead atoms. The number of hydroxylamine groups is 2. The molecule has 0 rings (SSSR count). The average Bonchev–Trinajstić information content (AvgIpc) is 1.64. The number of nitrogens with zero attached hydrogens (tertiary/aromatic N) is 1. The Morgan fingerprint density at radius 2 is 2.12 bits per heavy atom. The Hall–Kier alpha value is -0.810. The van der Waals surface area contributed by atoms with Gasteiger partial charge in [-0.2, -0.15) is 5.06 Å². The number of carbonyl (C=O) groups is 1. The second kappa shape index (κ2) is 2.49. The quantitative estimate of drug-likeness (QED) is 0.252. The normalized spacial score (nSPS) is 12.9. The van der Waals surface area contributed by atoms with Crippen molar-refractivity contribution >= 4 is 6.09 Å². The number of carboxylic acid groups (broad SMARTS) is 1. The molecule has 0 aromatic carbocycles. The first-order valence-corrected chi connectivity index (χ1v) is 1.95. The lowest BCUT2D eigenvalue weighted by Crippen LogP contribution is -2.33. The van der Waals surface area contributed by atoms with Crippen LogP contribution in [0.15, 0.2) is 0 Å². The maximum Gasteiger partial charge on any atom is 0.433 e. The molecular formula is C3H7NO4. The smallest absolute Gasteiger partial charge is 0.433 e. The van der Waals surface area contributed by atoms with Crippen LogP contribution in [-0.2, 0) is 0 Å². The van der Waals surface area contributed by atoms with Crippen LogP contribution in [0, 0.1) is 0 Å². The third-order valence-corrected chi connectivity index (χ3v) is 0.550. The Morgan fingerprint density at radius 3 is 2.12 bits per heavy atom. The van der Waals surface area contributed by atoms with Crippen LogP contribution < -0.4 is 0 Å². The molecular weight excluding hydrogens is 114 g/mol. The molecule has 5 heteroatoms. The van der Waals surface area contributed by atoms with Crippen molar-refractivity contribution in [1.82, 2.24) is 5.06 Å². The zero-order valence-electron chi connectivity index (χ0n) is 4.27. The van der Waals surface area contributed by atoms with Gasteiger partial charge in [0.1, 0.15) is 0 Å². The Balaban J connectivity index is 3.64.